The Labute approximate surface area is 128 Å². The lowest BCUT2D eigenvalue weighted by Crippen LogP contribution is -2.44. The quantitative estimate of drug-likeness (QED) is 0.572. The molecule has 0 amide bonds. The molecule has 0 bridgehead atoms. The second-order valence-corrected chi connectivity index (χ2v) is 12.7. The van der Waals surface area contributed by atoms with Crippen molar-refractivity contribution in [2.24, 2.45) is 0 Å². The van der Waals surface area contributed by atoms with Crippen LogP contribution in [0.15, 0.2) is 41.8 Å². The van der Waals surface area contributed by atoms with E-state index in [1.54, 1.807) is 11.9 Å². The van der Waals surface area contributed by atoms with E-state index in [4.69, 9.17) is 4.43 Å². The van der Waals surface area contributed by atoms with Crippen molar-refractivity contribution in [1.29, 1.82) is 0 Å². The van der Waals surface area contributed by atoms with Crippen molar-refractivity contribution in [3.8, 4) is 0 Å². The molecule has 1 fully saturated rings. The van der Waals surface area contributed by atoms with Crippen LogP contribution in [0.2, 0.25) is 18.1 Å². The van der Waals surface area contributed by atoms with Crippen LogP contribution >= 0.6 is 11.9 Å². The maximum absolute atomic E-state index is 6.50. The van der Waals surface area contributed by atoms with E-state index in [1.165, 1.54) is 5.69 Å². The lowest BCUT2D eigenvalue weighted by Gasteiger charge is -2.38. The van der Waals surface area contributed by atoms with Crippen LogP contribution in [-0.4, -0.2) is 21.0 Å². The Hall–Kier alpha value is -0.713. The van der Waals surface area contributed by atoms with Gasteiger partial charge in [-0.05, 0) is 42.2 Å². The maximum Gasteiger partial charge on any atom is 0.193 e. The minimum Gasteiger partial charge on any atom is -0.408 e. The van der Waals surface area contributed by atoms with E-state index in [0.29, 0.717) is 0 Å². The van der Waals surface area contributed by atoms with Crippen molar-refractivity contribution in [2.45, 2.75) is 45.0 Å². The number of anilines is 1. The molecule has 0 N–H and O–H groups in total. The summed E-state index contributed by atoms with van der Waals surface area (Å²) in [4.78, 5) is 1.12. The van der Waals surface area contributed by atoms with Gasteiger partial charge in [0.25, 0.3) is 0 Å². The summed E-state index contributed by atoms with van der Waals surface area (Å²) in [7, 11) is -1.74. The van der Waals surface area contributed by atoms with E-state index in [2.05, 4.69) is 69.0 Å². The summed E-state index contributed by atoms with van der Waals surface area (Å²) in [5.74, 6) is 0. The summed E-state index contributed by atoms with van der Waals surface area (Å²) in [5.41, 5.74) is 1.22. The highest BCUT2D eigenvalue weighted by Gasteiger charge is 2.41. The summed E-state index contributed by atoms with van der Waals surface area (Å²) in [6.07, 6.45) is 0.140. The molecule has 2 rings (SSSR count). The van der Waals surface area contributed by atoms with Gasteiger partial charge < -0.3 is 8.73 Å². The number of hydrogen-bond acceptors (Lipinski definition) is 3. The molecule has 1 aliphatic heterocycles. The van der Waals surface area contributed by atoms with Gasteiger partial charge >= 0.3 is 0 Å². The fourth-order valence-electron chi connectivity index (χ4n) is 1.88. The first-order valence-corrected chi connectivity index (χ1v) is 10.8. The first-order chi connectivity index (χ1) is 9.21. The Kier molecular flexibility index (Phi) is 4.37. The number of hydrogen-bond donors (Lipinski definition) is 0. The zero-order valence-corrected chi connectivity index (χ0v) is 15.0. The van der Waals surface area contributed by atoms with Crippen molar-refractivity contribution in [3.63, 3.8) is 0 Å². The summed E-state index contributed by atoms with van der Waals surface area (Å²) >= 11 is 1.71. The lowest BCUT2D eigenvalue weighted by molar-refractivity contribution is 0.235. The third-order valence-corrected chi connectivity index (χ3v) is 9.77. The molecule has 0 aliphatic carbocycles. The van der Waals surface area contributed by atoms with E-state index < -0.39 is 8.32 Å². The second-order valence-electron chi connectivity index (χ2n) is 6.82. The Morgan fingerprint density at radius 3 is 2.40 bits per heavy atom. The predicted molar refractivity (Wildman–Crippen MR) is 92.6 cm³/mol. The van der Waals surface area contributed by atoms with Gasteiger partial charge in [0.1, 0.15) is 0 Å². The molecule has 1 heterocycles. The van der Waals surface area contributed by atoms with Gasteiger partial charge in [-0.15, -0.1) is 0 Å². The Morgan fingerprint density at radius 2 is 1.85 bits per heavy atom. The molecule has 1 aromatic rings. The van der Waals surface area contributed by atoms with Gasteiger partial charge in [0.2, 0.25) is 0 Å². The van der Waals surface area contributed by atoms with E-state index in [1.807, 2.05) is 6.07 Å². The molecule has 1 saturated heterocycles. The fourth-order valence-corrected chi connectivity index (χ4v) is 4.21. The topological polar surface area (TPSA) is 12.5 Å². The van der Waals surface area contributed by atoms with Gasteiger partial charge in [-0.3, -0.25) is 0 Å². The van der Waals surface area contributed by atoms with Crippen molar-refractivity contribution in [1.82, 2.24) is 0 Å². The van der Waals surface area contributed by atoms with Crippen LogP contribution in [0.5, 0.6) is 0 Å². The Bertz CT molecular complexity index is 481. The third-order valence-electron chi connectivity index (χ3n) is 4.21. The van der Waals surface area contributed by atoms with Gasteiger partial charge in [0.05, 0.1) is 12.6 Å². The molecule has 1 atom stereocenters. The highest BCUT2D eigenvalue weighted by molar-refractivity contribution is 8.04. The number of rotatable bonds is 3. The zero-order valence-electron chi connectivity index (χ0n) is 13.1. The first kappa shape index (κ1) is 15.7. The molecule has 1 aliphatic rings. The minimum atomic E-state index is -1.74. The monoisotopic (exact) mass is 307 g/mol. The highest BCUT2D eigenvalue weighted by atomic mass is 32.2. The summed E-state index contributed by atoms with van der Waals surface area (Å²) in [5, 5.41) is 0.234. The molecule has 110 valence electrons. The van der Waals surface area contributed by atoms with Gasteiger partial charge in [-0.1, -0.05) is 45.5 Å². The van der Waals surface area contributed by atoms with Crippen LogP contribution in [0.1, 0.15) is 20.8 Å². The maximum atomic E-state index is 6.50. The van der Waals surface area contributed by atoms with Crippen LogP contribution < -0.4 is 4.31 Å². The Morgan fingerprint density at radius 1 is 1.25 bits per heavy atom. The highest BCUT2D eigenvalue weighted by Crippen LogP contribution is 2.42. The van der Waals surface area contributed by atoms with Gasteiger partial charge in [-0.25, -0.2) is 0 Å². The SMILES string of the molecule is C=C1SN(c2ccccc2)CC1O[Si](C)(C)C(C)(C)C. The molecule has 0 aromatic heterocycles. The number of benzene rings is 1. The van der Waals surface area contributed by atoms with Crippen molar-refractivity contribution in [2.75, 3.05) is 10.8 Å². The number of nitrogens with zero attached hydrogens (tertiary/aromatic N) is 1. The Balaban J connectivity index is 2.07. The van der Waals surface area contributed by atoms with Crippen LogP contribution in [0, 0.1) is 0 Å². The third kappa shape index (κ3) is 3.30. The van der Waals surface area contributed by atoms with Crippen LogP contribution in [0.4, 0.5) is 5.69 Å². The average Bonchev–Trinajstić information content (AvgIpc) is 2.70. The normalized spacial score (nSPS) is 20.6. The van der Waals surface area contributed by atoms with E-state index in [0.717, 1.165) is 11.4 Å². The van der Waals surface area contributed by atoms with Gasteiger partial charge in [-0.2, -0.15) is 0 Å². The van der Waals surface area contributed by atoms with Crippen LogP contribution in [0.3, 0.4) is 0 Å². The number of para-hydroxylation sites is 1. The largest absolute Gasteiger partial charge is 0.408 e. The minimum absolute atomic E-state index is 0.140. The summed E-state index contributed by atoms with van der Waals surface area (Å²) in [6.45, 7) is 16.5. The molecule has 1 unspecified atom stereocenters. The molecule has 1 aromatic carbocycles. The van der Waals surface area contributed by atoms with Crippen molar-refractivity contribution >= 4 is 26.0 Å². The molecule has 4 heteroatoms. The van der Waals surface area contributed by atoms with E-state index >= 15 is 0 Å². The van der Waals surface area contributed by atoms with Crippen LogP contribution in [-0.2, 0) is 4.43 Å². The molecule has 0 radical (unpaired) electrons. The predicted octanol–water partition coefficient (Wildman–Crippen LogP) is 5.06. The molecular formula is C16H25NOSSi. The molecule has 2 nitrogen and oxygen atoms in total. The summed E-state index contributed by atoms with van der Waals surface area (Å²) < 4.78 is 8.78. The smallest absolute Gasteiger partial charge is 0.193 e. The summed E-state index contributed by atoms with van der Waals surface area (Å²) in [6, 6.07) is 10.5. The van der Waals surface area contributed by atoms with Gasteiger partial charge in [0.15, 0.2) is 8.32 Å². The van der Waals surface area contributed by atoms with E-state index in [-0.39, 0.29) is 11.1 Å². The van der Waals surface area contributed by atoms with Crippen molar-refractivity contribution in [3.05, 3.63) is 41.8 Å². The lowest BCUT2D eigenvalue weighted by atomic mass is 10.2. The van der Waals surface area contributed by atoms with Crippen molar-refractivity contribution < 1.29 is 4.43 Å². The zero-order chi connectivity index (χ0) is 15.0. The molecule has 0 spiro atoms. The molecule has 20 heavy (non-hydrogen) atoms. The standard InChI is InChI=1S/C16H25NOSSi/c1-13-15(18-20(5,6)16(2,3)4)12-17(19-13)14-10-8-7-9-11-14/h7-11,15H,1,12H2,2-6H3. The van der Waals surface area contributed by atoms with Gasteiger partial charge in [0, 0.05) is 10.6 Å². The first-order valence-electron chi connectivity index (χ1n) is 7.08. The average molecular weight is 308 g/mol. The molecule has 0 saturated carbocycles. The van der Waals surface area contributed by atoms with E-state index in [9.17, 15) is 0 Å². The fraction of sp³-hybridized carbons (Fsp3) is 0.500. The molecular weight excluding hydrogens is 282 g/mol. The van der Waals surface area contributed by atoms with Crippen LogP contribution in [0.25, 0.3) is 0 Å². The second kappa shape index (κ2) is 5.58.